The van der Waals surface area contributed by atoms with Gasteiger partial charge in [-0.15, -0.1) is 0 Å². The van der Waals surface area contributed by atoms with E-state index in [1.54, 1.807) is 86.8 Å². The van der Waals surface area contributed by atoms with Gasteiger partial charge in [0.2, 0.25) is 0 Å². The first-order chi connectivity index (χ1) is 37.1. The van der Waals surface area contributed by atoms with Crippen LogP contribution in [-0.4, -0.2) is 19.6 Å². The van der Waals surface area contributed by atoms with Gasteiger partial charge in [0.05, 0.1) is 28.0 Å². The molecule has 0 aliphatic heterocycles. The van der Waals surface area contributed by atoms with E-state index in [0.29, 0.717) is 45.1 Å². The van der Waals surface area contributed by atoms with E-state index in [4.69, 9.17) is 36.0 Å². The van der Waals surface area contributed by atoms with E-state index in [2.05, 4.69) is 6.07 Å². The van der Waals surface area contributed by atoms with E-state index in [0.717, 1.165) is 22.3 Å². The van der Waals surface area contributed by atoms with Crippen molar-refractivity contribution < 1.29 is 31.2 Å². The summed E-state index contributed by atoms with van der Waals surface area (Å²) in [5.41, 5.74) is -3.79. The third-order valence-corrected chi connectivity index (χ3v) is 11.3. The van der Waals surface area contributed by atoms with E-state index in [9.17, 15) is 5.11 Å². The monoisotopic (exact) mass is 835 g/mol. The van der Waals surface area contributed by atoms with Crippen LogP contribution in [0.1, 0.15) is 135 Å². The van der Waals surface area contributed by atoms with Crippen LogP contribution in [0.15, 0.2) is 140 Å². The fourth-order valence-corrected chi connectivity index (χ4v) is 7.91. The number of imidazole rings is 1. The van der Waals surface area contributed by atoms with Gasteiger partial charge < -0.3 is 5.11 Å². The number of benzene rings is 6. The quantitative estimate of drug-likeness (QED) is 0.174. The number of hydrogen-bond donors (Lipinski definition) is 1. The number of aromatic nitrogens is 3. The van der Waals surface area contributed by atoms with E-state index in [1.165, 1.54) is 4.57 Å². The Hall–Kier alpha value is -6.26. The van der Waals surface area contributed by atoms with E-state index >= 15 is 0 Å². The molecule has 314 valence electrons. The summed E-state index contributed by atoms with van der Waals surface area (Å²) in [6.07, 6.45) is 1.72. The van der Waals surface area contributed by atoms with Crippen LogP contribution in [-0.2, 0) is 16.2 Å². The summed E-state index contributed by atoms with van der Waals surface area (Å²) < 4.78 is 168. The van der Waals surface area contributed by atoms with E-state index in [-0.39, 0.29) is 22.8 Å². The Morgan fingerprint density at radius 1 is 0.597 bits per heavy atom. The lowest BCUT2D eigenvalue weighted by atomic mass is 9.79. The highest BCUT2D eigenvalue weighted by molar-refractivity contribution is 5.98. The second-order valence-corrected chi connectivity index (χ2v) is 17.3. The smallest absolute Gasteiger partial charge is 0.149 e. The Bertz CT molecular complexity index is 3610. The lowest BCUT2D eigenvalue weighted by Crippen LogP contribution is -2.17. The molecule has 0 aliphatic rings. The van der Waals surface area contributed by atoms with Crippen molar-refractivity contribution in [1.29, 1.82) is 0 Å². The van der Waals surface area contributed by atoms with Crippen molar-refractivity contribution in [2.75, 3.05) is 0 Å². The topological polar surface area (TPSA) is 50.9 Å². The summed E-state index contributed by atoms with van der Waals surface area (Å²) in [5, 5.41) is 13.0. The van der Waals surface area contributed by atoms with Crippen LogP contribution in [0, 0.1) is 6.92 Å². The van der Waals surface area contributed by atoms with Gasteiger partial charge in [-0.25, -0.2) is 4.98 Å². The predicted octanol–water partition coefficient (Wildman–Crippen LogP) is 15.8. The number of rotatable bonds is 7. The van der Waals surface area contributed by atoms with Crippen LogP contribution in [0.2, 0.25) is 0 Å². The van der Waals surface area contributed by atoms with Crippen molar-refractivity contribution >= 4 is 11.0 Å². The average molecular weight is 835 g/mol. The fraction of sp³-hybridized carbons (Fsp3) is 0.276. The normalized spacial score (nSPS) is 18.3. The summed E-state index contributed by atoms with van der Waals surface area (Å²) in [5.74, 6) is -3.01. The van der Waals surface area contributed by atoms with Gasteiger partial charge in [0.15, 0.2) is 0 Å². The van der Waals surface area contributed by atoms with Gasteiger partial charge in [-0.2, -0.15) is 0 Å². The molecule has 0 saturated carbocycles. The maximum atomic E-state index is 13.0. The SMILES string of the molecule is [2H]C(C)(C)c1ccc(-n2c(-c3cc(C(C([2H])([2H])[2H])(C([2H])([2H])[2H])C([2H])([2H])[2H])cc(C(C([2H])([2H])[2H])(C([2H])([2H])[2H])C([2H])([2H])[2H])c3O)nc3c(-c4cc(-c5cc(-c6cccc(C)c6)ccn5)cc(C(C)(C)C)c4)cccc32)c(-c2ccccc2)c1. The highest BCUT2D eigenvalue weighted by Crippen LogP contribution is 2.46. The van der Waals surface area contributed by atoms with Crippen LogP contribution in [0.4, 0.5) is 0 Å². The third-order valence-electron chi connectivity index (χ3n) is 11.3. The maximum Gasteiger partial charge on any atom is 0.149 e. The molecule has 2 heterocycles. The Labute approximate surface area is 396 Å². The molecule has 0 spiro atoms. The van der Waals surface area contributed by atoms with Crippen molar-refractivity contribution in [3.8, 4) is 67.5 Å². The molecule has 0 amide bonds. The molecular weight excluding hydrogens is 755 g/mol. The molecule has 0 radical (unpaired) electrons. The molecule has 4 nitrogen and oxygen atoms in total. The number of hydrogen-bond acceptors (Lipinski definition) is 3. The first-order valence-corrected chi connectivity index (χ1v) is 20.4. The van der Waals surface area contributed by atoms with Crippen molar-refractivity contribution in [2.45, 2.75) is 105 Å². The molecule has 1 N–H and O–H groups in total. The van der Waals surface area contributed by atoms with Gasteiger partial charge in [-0.05, 0) is 117 Å². The van der Waals surface area contributed by atoms with Gasteiger partial charge >= 0.3 is 0 Å². The van der Waals surface area contributed by atoms with Gasteiger partial charge in [0, 0.05) is 54.5 Å². The number of nitrogens with zero attached hydrogens (tertiary/aromatic N) is 3. The molecule has 6 aromatic carbocycles. The standard InChI is InChI=1S/C58H61N3O/c1-36(2)39-24-25-51(47(32-39)38-19-14-13-15-20-38)61-52-23-17-22-46(53(52)60-55(61)48-34-45(57(7,8)9)35-49(54(48)62)58(10,11)12)42-29-43(31-44(30-42)56(4,5)6)50-33-41(26-27-59-50)40-21-16-18-37(3)28-40/h13-36,62H,1-12H3/i7D3,8D3,9D3,10D3,11D3,12D3,36D. The molecule has 0 fully saturated rings. The summed E-state index contributed by atoms with van der Waals surface area (Å²) in [6, 6.07) is 37.9. The molecule has 0 bridgehead atoms. The molecule has 0 atom stereocenters. The summed E-state index contributed by atoms with van der Waals surface area (Å²) in [6.45, 7) is -13.1. The second-order valence-electron chi connectivity index (χ2n) is 17.3. The van der Waals surface area contributed by atoms with Gasteiger partial charge in [-0.1, -0.05) is 166 Å². The molecule has 0 aliphatic carbocycles. The van der Waals surface area contributed by atoms with Gasteiger partial charge in [-0.3, -0.25) is 9.55 Å². The lowest BCUT2D eigenvalue weighted by molar-refractivity contribution is 0.446. The van der Waals surface area contributed by atoms with Crippen molar-refractivity contribution in [1.82, 2.24) is 14.5 Å². The number of aryl methyl sites for hydroxylation is 1. The number of para-hydroxylation sites is 1. The number of pyridine rings is 1. The average Bonchev–Trinajstić information content (AvgIpc) is 3.01. The first-order valence-electron chi connectivity index (χ1n) is 29.9. The van der Waals surface area contributed by atoms with Crippen LogP contribution >= 0.6 is 0 Å². The number of phenolic OH excluding ortho intramolecular Hbond substituents is 1. The zero-order valence-electron chi connectivity index (χ0n) is 54.6. The van der Waals surface area contributed by atoms with E-state index in [1.807, 2.05) is 76.2 Å². The fourth-order valence-electron chi connectivity index (χ4n) is 7.91. The zero-order chi connectivity index (χ0) is 60.2. The van der Waals surface area contributed by atoms with Crippen LogP contribution in [0.3, 0.4) is 0 Å². The third kappa shape index (κ3) is 8.23. The number of phenols is 1. The van der Waals surface area contributed by atoms with Crippen molar-refractivity contribution in [3.63, 3.8) is 0 Å². The second kappa shape index (κ2) is 15.9. The van der Waals surface area contributed by atoms with Crippen LogP contribution < -0.4 is 0 Å². The van der Waals surface area contributed by atoms with Gasteiger partial charge in [0.1, 0.15) is 11.6 Å². The molecule has 0 unspecified atom stereocenters. The largest absolute Gasteiger partial charge is 0.507 e. The van der Waals surface area contributed by atoms with Crippen LogP contribution in [0.5, 0.6) is 5.75 Å². The first kappa shape index (κ1) is 25.0. The molecule has 0 saturated heterocycles. The number of fused-ring (bicyclic) bond motifs is 1. The Kier molecular flexibility index (Phi) is 6.41. The number of aromatic hydroxyl groups is 1. The van der Waals surface area contributed by atoms with Crippen molar-refractivity contribution in [2.24, 2.45) is 0 Å². The predicted molar refractivity (Wildman–Crippen MR) is 263 cm³/mol. The molecule has 4 heteroatoms. The summed E-state index contributed by atoms with van der Waals surface area (Å²) in [7, 11) is 0. The highest BCUT2D eigenvalue weighted by Gasteiger charge is 2.29. The Balaban J connectivity index is 1.62. The highest BCUT2D eigenvalue weighted by atomic mass is 16.3. The van der Waals surface area contributed by atoms with E-state index < -0.39 is 91.5 Å². The summed E-state index contributed by atoms with van der Waals surface area (Å²) >= 11 is 0. The molecule has 8 rings (SSSR count). The minimum atomic E-state index is -4.15. The lowest BCUT2D eigenvalue weighted by Gasteiger charge is -2.27. The molecule has 62 heavy (non-hydrogen) atoms. The maximum absolute atomic E-state index is 13.0. The van der Waals surface area contributed by atoms with Crippen LogP contribution in [0.25, 0.3) is 72.7 Å². The molecular formula is C58H61N3O. The minimum Gasteiger partial charge on any atom is -0.507 e. The molecule has 2 aromatic heterocycles. The Morgan fingerprint density at radius 2 is 1.29 bits per heavy atom. The summed E-state index contributed by atoms with van der Waals surface area (Å²) in [4.78, 5) is 9.99. The van der Waals surface area contributed by atoms with Gasteiger partial charge in [0.25, 0.3) is 0 Å². The zero-order valence-corrected chi connectivity index (χ0v) is 35.6. The molecule has 8 aromatic rings. The Morgan fingerprint density at radius 3 is 2.00 bits per heavy atom. The van der Waals surface area contributed by atoms with Crippen molar-refractivity contribution in [3.05, 3.63) is 167 Å². The minimum absolute atomic E-state index is 0.156.